The molecule has 26 N–H and O–H groups in total. The van der Waals surface area contributed by atoms with E-state index >= 15 is 0 Å². The van der Waals surface area contributed by atoms with Crippen molar-refractivity contribution in [3.63, 3.8) is 0 Å². The summed E-state index contributed by atoms with van der Waals surface area (Å²) in [4.78, 5) is 13.3. The summed E-state index contributed by atoms with van der Waals surface area (Å²) in [5, 5.41) is 34.9. The number of hydrogen-bond donors (Lipinski definition) is 20. The molecule has 0 aliphatic carbocycles. The Morgan fingerprint density at radius 2 is 0.848 bits per heavy atom. The topological polar surface area (TPSA) is 444 Å². The molecule has 0 amide bonds. The van der Waals surface area contributed by atoms with E-state index in [4.69, 9.17) is 35.1 Å². The third-order valence-electron chi connectivity index (χ3n) is 2.11. The second-order valence-electron chi connectivity index (χ2n) is 3.92. The monoisotopic (exact) mass is 500 g/mol. The van der Waals surface area contributed by atoms with Crippen molar-refractivity contribution in [3.05, 3.63) is 15.6 Å². The molecule has 0 saturated carbocycles. The molecule has 0 heterocycles. The maximum Gasteiger partial charge on any atom is 0.0196 e. The normalized spacial score (nSPS) is 12.7. The van der Waals surface area contributed by atoms with Crippen molar-refractivity contribution in [1.82, 2.24) is 115 Å². The lowest BCUT2D eigenvalue weighted by molar-refractivity contribution is -0.520. The Morgan fingerprint density at radius 3 is 1.15 bits per heavy atom. The molecule has 0 rings (SSSR count). The van der Waals surface area contributed by atoms with Gasteiger partial charge < -0.3 is 15.6 Å². The molecule has 0 spiro atoms. The lowest BCUT2D eigenvalue weighted by Crippen LogP contribution is -2.69. The predicted octanol–water partition coefficient (Wildman–Crippen LogP) is -12.8. The van der Waals surface area contributed by atoms with E-state index in [-0.39, 0.29) is 21.0 Å². The van der Waals surface area contributed by atoms with Crippen LogP contribution in [0.2, 0.25) is 0 Å². The van der Waals surface area contributed by atoms with Crippen LogP contribution in [0.15, 0.2) is 0 Å². The first-order chi connectivity index (χ1) is 15.9. The van der Waals surface area contributed by atoms with Crippen molar-refractivity contribution in [2.45, 2.75) is 0 Å². The summed E-state index contributed by atoms with van der Waals surface area (Å²) in [5.41, 5.74) is 26.4. The van der Waals surface area contributed by atoms with E-state index in [2.05, 4.69) is 14.8 Å². The second kappa shape index (κ2) is 20.1. The largest absolute Gasteiger partial charge is 0.744 e. The third-order valence-corrected chi connectivity index (χ3v) is 2.11. The van der Waals surface area contributed by atoms with E-state index < -0.39 is 16.0 Å². The highest BCUT2D eigenvalue weighted by Gasteiger charge is 2.16. The summed E-state index contributed by atoms with van der Waals surface area (Å²) in [6.45, 7) is 0. The van der Waals surface area contributed by atoms with Crippen LogP contribution in [0.4, 0.5) is 0 Å². The molecule has 0 unspecified atom stereocenters. The molecule has 0 aliphatic rings. The smallest absolute Gasteiger partial charge is 0.0196 e. The van der Waals surface area contributed by atoms with Gasteiger partial charge in [0.15, 0.2) is 0 Å². The van der Waals surface area contributed by atoms with Gasteiger partial charge in [0.05, 0.1) is 0 Å². The van der Waals surface area contributed by atoms with E-state index in [1.807, 2.05) is 49.8 Å². The Balaban J connectivity index is 5.05. The summed E-state index contributed by atoms with van der Waals surface area (Å²) >= 11 is 0. The van der Waals surface area contributed by atoms with Gasteiger partial charge in [-0.05, 0) is 0 Å². The highest BCUT2D eigenvalue weighted by Crippen LogP contribution is 1.95. The zero-order chi connectivity index (χ0) is 25.1. The molecule has 0 bridgehead atoms. The Morgan fingerprint density at radius 1 is 0.515 bits per heavy atom. The van der Waals surface area contributed by atoms with Gasteiger partial charge in [-0.1, -0.05) is 26.9 Å². The average Bonchev–Trinajstić information content (AvgIpc) is 2.82. The maximum atomic E-state index is 12.0. The quantitative estimate of drug-likeness (QED) is 0.0457. The van der Waals surface area contributed by atoms with Crippen molar-refractivity contribution in [2.24, 2.45) is 35.1 Å². The van der Waals surface area contributed by atoms with Crippen LogP contribution in [0.5, 0.6) is 0 Å². The molecular weight excluding hydrogens is 474 g/mol. The molecule has 0 aromatic carbocycles. The highest BCUT2D eigenvalue weighted by atomic mass is 17.1. The molecule has 33 heavy (non-hydrogen) atoms. The fourth-order valence-corrected chi connectivity index (χ4v) is 1.00. The van der Waals surface area contributed by atoms with Crippen molar-refractivity contribution in [3.8, 4) is 0 Å². The first kappa shape index (κ1) is 31.7. The van der Waals surface area contributed by atoms with Crippen LogP contribution in [-0.2, 0) is 14.8 Å². The number of nitrogens with one attached hydrogen (secondary N) is 14. The molecule has 200 valence electrons. The molecule has 0 fully saturated rings. The Kier molecular flexibility index (Phi) is 19.3. The molecular formula is H26N27O6-3. The molecule has 0 atom stereocenters. The van der Waals surface area contributed by atoms with Crippen LogP contribution in [0.1, 0.15) is 0 Å². The highest BCUT2D eigenvalue weighted by molar-refractivity contribution is 4.31. The SMILES string of the molecule is NNNNN(NN)N([O-])ONN(NON([O-])N(NN)NNNN)ON([O-])N(NN)NNNN. The molecule has 33 heteroatoms. The maximum absolute atomic E-state index is 12.0. The van der Waals surface area contributed by atoms with Gasteiger partial charge in [0, 0.05) is 5.28 Å². The van der Waals surface area contributed by atoms with Gasteiger partial charge in [-0.15, -0.1) is 32.6 Å². The fraction of sp³-hybridized carbons (Fsp3) is 0. The standard InChI is InChI=1S/H26N27O6/c1-7-13-16-21(10-4)25(28)31-19-24(33-27(30)23(12-6)18-15-9-3)20-32-26(29)22(11-5)17-14-8-2/h7-20H,1-6H2/q-3. The molecule has 0 aromatic heterocycles. The zero-order valence-electron chi connectivity index (χ0n) is 16.0. The van der Waals surface area contributed by atoms with Gasteiger partial charge in [-0.25, -0.2) is 0 Å². The number of hydrazine groups is 23. The van der Waals surface area contributed by atoms with Crippen molar-refractivity contribution in [2.75, 3.05) is 0 Å². The van der Waals surface area contributed by atoms with Gasteiger partial charge in [-0.3, -0.25) is 35.1 Å². The predicted molar refractivity (Wildman–Crippen MR) is 95.3 cm³/mol. The summed E-state index contributed by atoms with van der Waals surface area (Å²) in [5.74, 6) is 29.9. The average molecular weight is 500 g/mol. The summed E-state index contributed by atoms with van der Waals surface area (Å²) in [6, 6.07) is 0. The molecule has 0 aromatic rings. The van der Waals surface area contributed by atoms with Crippen molar-refractivity contribution >= 4 is 0 Å². The number of rotatable bonds is 23. The van der Waals surface area contributed by atoms with E-state index in [0.717, 1.165) is 0 Å². The minimum Gasteiger partial charge on any atom is -0.744 e. The van der Waals surface area contributed by atoms with Crippen LogP contribution >= 0.6 is 0 Å². The van der Waals surface area contributed by atoms with Gasteiger partial charge in [0.2, 0.25) is 0 Å². The van der Waals surface area contributed by atoms with E-state index in [1.54, 1.807) is 27.8 Å². The second-order valence-corrected chi connectivity index (χ2v) is 3.92. The van der Waals surface area contributed by atoms with Gasteiger partial charge in [-0.2, -0.15) is 64.6 Å². The van der Waals surface area contributed by atoms with Crippen LogP contribution in [0.3, 0.4) is 0 Å². The lowest BCUT2D eigenvalue weighted by Gasteiger charge is -2.41. The lowest BCUT2D eigenvalue weighted by atomic mass is 11.9. The Bertz CT molecular complexity index is 395. The molecule has 0 radical (unpaired) electrons. The summed E-state index contributed by atoms with van der Waals surface area (Å²) in [7, 11) is 0. The minimum absolute atomic E-state index is 0.0443. The third kappa shape index (κ3) is 13.9. The number of hydrogen-bond acceptors (Lipinski definition) is 33. The van der Waals surface area contributed by atoms with Gasteiger partial charge >= 0.3 is 0 Å². The molecule has 33 nitrogen and oxygen atoms in total. The molecule has 0 aliphatic heterocycles. The first-order valence-electron chi connectivity index (χ1n) is 7.31. The Hall–Kier alpha value is -1.32. The van der Waals surface area contributed by atoms with Gasteiger partial charge in [0.1, 0.15) is 0 Å². The van der Waals surface area contributed by atoms with E-state index in [0.29, 0.717) is 0 Å². The zero-order valence-corrected chi connectivity index (χ0v) is 16.0. The van der Waals surface area contributed by atoms with Crippen molar-refractivity contribution < 1.29 is 14.8 Å². The number of nitrogens with zero attached hydrogens (tertiary/aromatic N) is 7. The van der Waals surface area contributed by atoms with Gasteiger partial charge in [0.25, 0.3) is 0 Å². The number of nitrogens with two attached hydrogens (primary N) is 6. The van der Waals surface area contributed by atoms with Crippen LogP contribution in [0.25, 0.3) is 0 Å². The Labute approximate surface area is 181 Å². The minimum atomic E-state index is -0.491. The van der Waals surface area contributed by atoms with Crippen LogP contribution < -0.4 is 113 Å². The first-order valence-corrected chi connectivity index (χ1v) is 7.31. The summed E-state index contributed by atoms with van der Waals surface area (Å²) < 4.78 is 0. The van der Waals surface area contributed by atoms with E-state index in [1.165, 1.54) is 0 Å². The van der Waals surface area contributed by atoms with Crippen molar-refractivity contribution in [1.29, 1.82) is 0 Å². The van der Waals surface area contributed by atoms with Crippen LogP contribution in [0, 0.1) is 15.6 Å². The summed E-state index contributed by atoms with van der Waals surface area (Å²) in [6.07, 6.45) is 0. The van der Waals surface area contributed by atoms with E-state index in [9.17, 15) is 15.6 Å². The molecule has 0 saturated heterocycles. The fourth-order valence-electron chi connectivity index (χ4n) is 1.00. The van der Waals surface area contributed by atoms with Crippen LogP contribution in [-0.4, -0.2) is 37.0 Å².